The van der Waals surface area contributed by atoms with Gasteiger partial charge in [0.1, 0.15) is 11.3 Å². The molecule has 1 unspecified atom stereocenters. The predicted octanol–water partition coefficient (Wildman–Crippen LogP) is 1.92. The van der Waals surface area contributed by atoms with Crippen molar-refractivity contribution in [3.8, 4) is 11.8 Å². The predicted molar refractivity (Wildman–Crippen MR) is 62.3 cm³/mol. The Kier molecular flexibility index (Phi) is 2.61. The highest BCUT2D eigenvalue weighted by atomic mass is 16.5. The molecule has 16 heavy (non-hydrogen) atoms. The highest BCUT2D eigenvalue weighted by Gasteiger charge is 2.41. The molecule has 0 amide bonds. The van der Waals surface area contributed by atoms with E-state index < -0.39 is 5.54 Å². The van der Waals surface area contributed by atoms with Crippen LogP contribution in [0.3, 0.4) is 0 Å². The van der Waals surface area contributed by atoms with Crippen molar-refractivity contribution < 1.29 is 4.74 Å². The van der Waals surface area contributed by atoms with Crippen molar-refractivity contribution in [2.24, 2.45) is 0 Å². The molecule has 0 aliphatic heterocycles. The van der Waals surface area contributed by atoms with Crippen LogP contribution in [0.5, 0.6) is 5.75 Å². The van der Waals surface area contributed by atoms with Gasteiger partial charge in [0.2, 0.25) is 0 Å². The first kappa shape index (κ1) is 11.0. The van der Waals surface area contributed by atoms with Gasteiger partial charge in [-0.2, -0.15) is 5.26 Å². The first-order valence-corrected chi connectivity index (χ1v) is 5.40. The summed E-state index contributed by atoms with van der Waals surface area (Å²) in [7, 11) is 5.57. The summed E-state index contributed by atoms with van der Waals surface area (Å²) in [6.07, 6.45) is 1.82. The number of hydrogen-bond donors (Lipinski definition) is 0. The fourth-order valence-electron chi connectivity index (χ4n) is 2.42. The van der Waals surface area contributed by atoms with Crippen LogP contribution in [-0.2, 0) is 12.0 Å². The van der Waals surface area contributed by atoms with Gasteiger partial charge < -0.3 is 4.74 Å². The monoisotopic (exact) mass is 216 g/mol. The molecule has 0 fully saturated rings. The maximum atomic E-state index is 9.46. The Morgan fingerprint density at radius 3 is 2.75 bits per heavy atom. The van der Waals surface area contributed by atoms with Crippen LogP contribution in [0.1, 0.15) is 17.5 Å². The molecule has 1 aromatic carbocycles. The number of nitrogens with zero attached hydrogens (tertiary/aromatic N) is 2. The lowest BCUT2D eigenvalue weighted by atomic mass is 9.92. The fraction of sp³-hybridized carbons (Fsp3) is 0.462. The number of methoxy groups -OCH3 is 1. The van der Waals surface area contributed by atoms with Crippen molar-refractivity contribution in [3.05, 3.63) is 29.3 Å². The summed E-state index contributed by atoms with van der Waals surface area (Å²) in [5, 5.41) is 9.46. The molecule has 0 heterocycles. The van der Waals surface area contributed by atoms with Crippen LogP contribution in [0.4, 0.5) is 0 Å². The van der Waals surface area contributed by atoms with Crippen molar-refractivity contribution in [3.63, 3.8) is 0 Å². The Morgan fingerprint density at radius 2 is 2.19 bits per heavy atom. The van der Waals surface area contributed by atoms with Gasteiger partial charge in [0, 0.05) is 0 Å². The lowest BCUT2D eigenvalue weighted by molar-refractivity contribution is 0.218. The number of hydrogen-bond acceptors (Lipinski definition) is 3. The summed E-state index contributed by atoms with van der Waals surface area (Å²) in [6.45, 7) is 0. The second-order valence-corrected chi connectivity index (χ2v) is 4.39. The number of rotatable bonds is 2. The van der Waals surface area contributed by atoms with Crippen molar-refractivity contribution in [2.45, 2.75) is 18.4 Å². The summed E-state index contributed by atoms with van der Waals surface area (Å²) in [5.41, 5.74) is 1.87. The Balaban J connectivity index is 2.56. The molecule has 1 aliphatic rings. The average molecular weight is 216 g/mol. The molecule has 0 aromatic heterocycles. The minimum atomic E-state index is -0.482. The number of fused-ring (bicyclic) bond motifs is 1. The van der Waals surface area contributed by atoms with Crippen molar-refractivity contribution >= 4 is 0 Å². The zero-order chi connectivity index (χ0) is 11.8. The summed E-state index contributed by atoms with van der Waals surface area (Å²) in [4.78, 5) is 2.00. The van der Waals surface area contributed by atoms with Crippen LogP contribution in [0.25, 0.3) is 0 Å². The molecule has 3 heteroatoms. The Bertz CT molecular complexity index is 448. The van der Waals surface area contributed by atoms with Gasteiger partial charge in [-0.1, -0.05) is 6.07 Å². The highest BCUT2D eigenvalue weighted by molar-refractivity contribution is 5.47. The number of ether oxygens (including phenoxy) is 1. The van der Waals surface area contributed by atoms with E-state index in [1.54, 1.807) is 7.11 Å². The average Bonchev–Trinajstić information content (AvgIpc) is 2.67. The molecule has 0 N–H and O–H groups in total. The molecule has 1 aromatic rings. The third-order valence-electron chi connectivity index (χ3n) is 3.47. The van der Waals surface area contributed by atoms with E-state index in [0.29, 0.717) is 0 Å². The molecule has 0 saturated carbocycles. The lowest BCUT2D eigenvalue weighted by Crippen LogP contribution is -2.37. The van der Waals surface area contributed by atoms with E-state index in [2.05, 4.69) is 12.1 Å². The van der Waals surface area contributed by atoms with E-state index in [0.717, 1.165) is 24.2 Å². The van der Waals surface area contributed by atoms with Gasteiger partial charge in [0.15, 0.2) is 0 Å². The molecule has 0 saturated heterocycles. The van der Waals surface area contributed by atoms with Gasteiger partial charge in [-0.3, -0.25) is 4.90 Å². The lowest BCUT2D eigenvalue weighted by Gasteiger charge is -2.30. The molecular formula is C13H16N2O. The maximum Gasteiger partial charge on any atom is 0.134 e. The van der Waals surface area contributed by atoms with E-state index in [1.807, 2.05) is 31.1 Å². The molecule has 3 nitrogen and oxygen atoms in total. The topological polar surface area (TPSA) is 36.3 Å². The first-order chi connectivity index (χ1) is 7.64. The van der Waals surface area contributed by atoms with Gasteiger partial charge in [-0.05, 0) is 50.2 Å². The number of benzene rings is 1. The Hall–Kier alpha value is -1.53. The molecule has 0 spiro atoms. The van der Waals surface area contributed by atoms with Gasteiger partial charge in [-0.25, -0.2) is 0 Å². The molecule has 0 radical (unpaired) electrons. The molecule has 0 bridgehead atoms. The highest BCUT2D eigenvalue weighted by Crippen LogP contribution is 2.41. The smallest absolute Gasteiger partial charge is 0.134 e. The van der Waals surface area contributed by atoms with Crippen LogP contribution in [0.2, 0.25) is 0 Å². The normalized spacial score (nSPS) is 22.9. The minimum absolute atomic E-state index is 0.482. The first-order valence-electron chi connectivity index (χ1n) is 5.40. The zero-order valence-electron chi connectivity index (χ0n) is 9.95. The van der Waals surface area contributed by atoms with Crippen LogP contribution < -0.4 is 4.74 Å². The van der Waals surface area contributed by atoms with Crippen LogP contribution in [0.15, 0.2) is 18.2 Å². The van der Waals surface area contributed by atoms with Crippen molar-refractivity contribution in [2.75, 3.05) is 21.2 Å². The van der Waals surface area contributed by atoms with E-state index in [-0.39, 0.29) is 0 Å². The summed E-state index contributed by atoms with van der Waals surface area (Å²) in [5.74, 6) is 0.821. The van der Waals surface area contributed by atoms with Gasteiger partial charge in [-0.15, -0.1) is 0 Å². The summed E-state index contributed by atoms with van der Waals surface area (Å²) in [6, 6.07) is 8.47. The molecule has 84 valence electrons. The SMILES string of the molecule is COc1ccc2c(c1)C(C#N)(N(C)C)CC2. The molecule has 2 rings (SSSR count). The van der Waals surface area contributed by atoms with E-state index in [4.69, 9.17) is 4.74 Å². The third-order valence-corrected chi connectivity index (χ3v) is 3.47. The van der Waals surface area contributed by atoms with Crippen LogP contribution in [0, 0.1) is 11.3 Å². The van der Waals surface area contributed by atoms with Crippen LogP contribution in [-0.4, -0.2) is 26.1 Å². The Morgan fingerprint density at radius 1 is 1.44 bits per heavy atom. The Labute approximate surface area is 96.2 Å². The van der Waals surface area contributed by atoms with E-state index in [9.17, 15) is 5.26 Å². The standard InChI is InChI=1S/C13H16N2O/c1-15(2)13(9-14)7-6-10-4-5-11(16-3)8-12(10)13/h4-5,8H,6-7H2,1-3H3. The quantitative estimate of drug-likeness (QED) is 0.757. The van der Waals surface area contributed by atoms with Gasteiger partial charge >= 0.3 is 0 Å². The molecular weight excluding hydrogens is 200 g/mol. The number of aryl methyl sites for hydroxylation is 1. The minimum Gasteiger partial charge on any atom is -0.497 e. The van der Waals surface area contributed by atoms with Crippen molar-refractivity contribution in [1.82, 2.24) is 4.90 Å². The summed E-state index contributed by atoms with van der Waals surface area (Å²) < 4.78 is 5.23. The van der Waals surface area contributed by atoms with Crippen molar-refractivity contribution in [1.29, 1.82) is 5.26 Å². The molecule has 1 aliphatic carbocycles. The zero-order valence-corrected chi connectivity index (χ0v) is 9.95. The second kappa shape index (κ2) is 3.80. The number of nitriles is 1. The second-order valence-electron chi connectivity index (χ2n) is 4.39. The van der Waals surface area contributed by atoms with E-state index in [1.165, 1.54) is 5.56 Å². The van der Waals surface area contributed by atoms with Gasteiger partial charge in [0.05, 0.1) is 13.2 Å². The van der Waals surface area contributed by atoms with Gasteiger partial charge in [0.25, 0.3) is 0 Å². The van der Waals surface area contributed by atoms with Crippen LogP contribution >= 0.6 is 0 Å². The van der Waals surface area contributed by atoms with E-state index >= 15 is 0 Å². The fourth-order valence-corrected chi connectivity index (χ4v) is 2.42. The molecule has 1 atom stereocenters. The third kappa shape index (κ3) is 1.38. The maximum absolute atomic E-state index is 9.46. The summed E-state index contributed by atoms with van der Waals surface area (Å²) >= 11 is 0. The largest absolute Gasteiger partial charge is 0.497 e.